The molecule has 1 aromatic carbocycles. The van der Waals surface area contributed by atoms with Crippen molar-refractivity contribution >= 4 is 5.69 Å². The third-order valence-corrected chi connectivity index (χ3v) is 4.49. The molecule has 1 rings (SSSR count). The van der Waals surface area contributed by atoms with Crippen LogP contribution in [-0.4, -0.2) is 13.2 Å². The largest absolute Gasteiger partial charge is 0.491 e. The number of hydrogen-bond donors (Lipinski definition) is 1. The Hall–Kier alpha value is -1.18. The second-order valence-corrected chi connectivity index (χ2v) is 6.81. The molecule has 0 radical (unpaired) electrons. The summed E-state index contributed by atoms with van der Waals surface area (Å²) in [4.78, 5) is 0. The van der Waals surface area contributed by atoms with Gasteiger partial charge in [0.05, 0.1) is 12.3 Å². The van der Waals surface area contributed by atoms with Gasteiger partial charge in [0, 0.05) is 6.54 Å². The van der Waals surface area contributed by atoms with Crippen molar-refractivity contribution < 1.29 is 4.74 Å². The van der Waals surface area contributed by atoms with E-state index in [9.17, 15) is 0 Å². The first-order valence-corrected chi connectivity index (χ1v) is 10.3. The van der Waals surface area contributed by atoms with Gasteiger partial charge in [0.25, 0.3) is 0 Å². The molecule has 0 unspecified atom stereocenters. The Morgan fingerprint density at radius 1 is 0.708 bits per heavy atom. The highest BCUT2D eigenvalue weighted by Gasteiger charge is 2.01. The lowest BCUT2D eigenvalue weighted by Crippen LogP contribution is -2.05. The minimum Gasteiger partial charge on any atom is -0.491 e. The van der Waals surface area contributed by atoms with Crippen LogP contribution in [0.25, 0.3) is 0 Å². The monoisotopic (exact) mass is 333 g/mol. The molecule has 0 amide bonds. The van der Waals surface area contributed by atoms with Crippen LogP contribution in [0.2, 0.25) is 0 Å². The van der Waals surface area contributed by atoms with Crippen molar-refractivity contribution in [3.8, 4) is 5.75 Å². The Bertz CT molecular complexity index is 391. The maximum absolute atomic E-state index is 5.87. The van der Waals surface area contributed by atoms with Gasteiger partial charge in [-0.1, -0.05) is 90.2 Å². The van der Waals surface area contributed by atoms with Gasteiger partial charge in [-0.2, -0.15) is 0 Å². The lowest BCUT2D eigenvalue weighted by Gasteiger charge is -2.13. The first-order valence-electron chi connectivity index (χ1n) is 10.3. The van der Waals surface area contributed by atoms with Gasteiger partial charge >= 0.3 is 0 Å². The van der Waals surface area contributed by atoms with Crippen molar-refractivity contribution in [2.45, 2.75) is 90.9 Å². The van der Waals surface area contributed by atoms with E-state index in [4.69, 9.17) is 4.74 Å². The molecule has 0 aliphatic rings. The Labute approximate surface area is 150 Å². The quantitative estimate of drug-likeness (QED) is 0.323. The van der Waals surface area contributed by atoms with E-state index in [0.29, 0.717) is 0 Å². The number of anilines is 1. The van der Waals surface area contributed by atoms with Crippen molar-refractivity contribution in [1.82, 2.24) is 0 Å². The lowest BCUT2D eigenvalue weighted by atomic mass is 10.1. The molecule has 0 heterocycles. The van der Waals surface area contributed by atoms with Crippen LogP contribution in [0.1, 0.15) is 90.9 Å². The first-order chi connectivity index (χ1) is 11.9. The van der Waals surface area contributed by atoms with Crippen LogP contribution in [0.4, 0.5) is 5.69 Å². The Morgan fingerprint density at radius 2 is 1.29 bits per heavy atom. The number of benzene rings is 1. The smallest absolute Gasteiger partial charge is 0.142 e. The molecular formula is C22H39NO. The summed E-state index contributed by atoms with van der Waals surface area (Å²) in [6, 6.07) is 8.31. The van der Waals surface area contributed by atoms with E-state index in [1.54, 1.807) is 0 Å². The average Bonchev–Trinajstić information content (AvgIpc) is 2.61. The molecule has 0 saturated carbocycles. The minimum atomic E-state index is 0.813. The second-order valence-electron chi connectivity index (χ2n) is 6.81. The van der Waals surface area contributed by atoms with E-state index in [-0.39, 0.29) is 0 Å². The third kappa shape index (κ3) is 10.6. The van der Waals surface area contributed by atoms with Crippen molar-refractivity contribution in [3.63, 3.8) is 0 Å². The van der Waals surface area contributed by atoms with Crippen LogP contribution in [0.5, 0.6) is 5.75 Å². The molecule has 0 spiro atoms. The number of hydrogen-bond acceptors (Lipinski definition) is 2. The highest BCUT2D eigenvalue weighted by molar-refractivity contribution is 5.56. The molecule has 0 fully saturated rings. The van der Waals surface area contributed by atoms with E-state index in [0.717, 1.165) is 31.0 Å². The molecule has 1 aromatic rings. The number of nitrogens with one attached hydrogen (secondary N) is 1. The first kappa shape index (κ1) is 20.9. The van der Waals surface area contributed by atoms with Crippen LogP contribution in [0.3, 0.4) is 0 Å². The van der Waals surface area contributed by atoms with Crippen LogP contribution in [0.15, 0.2) is 24.3 Å². The summed E-state index contributed by atoms with van der Waals surface area (Å²) in [5, 5.41) is 3.54. The molecule has 0 atom stereocenters. The number of ether oxygens (including phenoxy) is 1. The van der Waals surface area contributed by atoms with Gasteiger partial charge in [-0.15, -0.1) is 0 Å². The molecule has 0 aliphatic carbocycles. The number of unbranched alkanes of at least 4 members (excludes halogenated alkanes) is 10. The van der Waals surface area contributed by atoms with E-state index >= 15 is 0 Å². The normalized spacial score (nSPS) is 10.8. The van der Waals surface area contributed by atoms with E-state index in [1.165, 1.54) is 70.6 Å². The van der Waals surface area contributed by atoms with Gasteiger partial charge in [-0.25, -0.2) is 0 Å². The molecule has 0 saturated heterocycles. The van der Waals surface area contributed by atoms with Gasteiger partial charge < -0.3 is 10.1 Å². The summed E-state index contributed by atoms with van der Waals surface area (Å²) < 4.78 is 5.87. The van der Waals surface area contributed by atoms with Crippen LogP contribution in [0, 0.1) is 0 Å². The predicted octanol–water partition coefficient (Wildman–Crippen LogP) is 7.20. The van der Waals surface area contributed by atoms with Gasteiger partial charge in [-0.3, -0.25) is 0 Å². The van der Waals surface area contributed by atoms with Crippen molar-refractivity contribution in [2.75, 3.05) is 18.5 Å². The second kappa shape index (κ2) is 15.4. The third-order valence-electron chi connectivity index (χ3n) is 4.49. The zero-order valence-corrected chi connectivity index (χ0v) is 16.1. The maximum atomic E-state index is 5.87. The highest BCUT2D eigenvalue weighted by Crippen LogP contribution is 2.24. The summed E-state index contributed by atoms with van der Waals surface area (Å²) in [6.45, 7) is 6.33. The van der Waals surface area contributed by atoms with Gasteiger partial charge in [0.1, 0.15) is 5.75 Å². The summed E-state index contributed by atoms with van der Waals surface area (Å²) in [5.74, 6) is 0.998. The van der Waals surface area contributed by atoms with Gasteiger partial charge in [0.2, 0.25) is 0 Å². The molecule has 0 aliphatic heterocycles. The van der Waals surface area contributed by atoms with Crippen molar-refractivity contribution in [1.29, 1.82) is 0 Å². The fourth-order valence-electron chi connectivity index (χ4n) is 2.90. The molecule has 138 valence electrons. The Balaban J connectivity index is 2.03. The van der Waals surface area contributed by atoms with Crippen LogP contribution in [-0.2, 0) is 0 Å². The zero-order valence-electron chi connectivity index (χ0n) is 16.1. The fraction of sp³-hybridized carbons (Fsp3) is 0.727. The molecule has 0 aromatic heterocycles. The Morgan fingerprint density at radius 3 is 1.96 bits per heavy atom. The van der Waals surface area contributed by atoms with E-state index in [1.807, 2.05) is 6.07 Å². The van der Waals surface area contributed by atoms with Crippen molar-refractivity contribution in [2.24, 2.45) is 0 Å². The lowest BCUT2D eigenvalue weighted by molar-refractivity contribution is 0.310. The minimum absolute atomic E-state index is 0.813. The van der Waals surface area contributed by atoms with Gasteiger partial charge in [-0.05, 0) is 25.0 Å². The topological polar surface area (TPSA) is 21.3 Å². The fourth-order valence-corrected chi connectivity index (χ4v) is 2.90. The molecule has 1 N–H and O–H groups in total. The summed E-state index contributed by atoms with van der Waals surface area (Å²) in [5.41, 5.74) is 1.14. The summed E-state index contributed by atoms with van der Waals surface area (Å²) in [7, 11) is 0. The predicted molar refractivity (Wildman–Crippen MR) is 107 cm³/mol. The average molecular weight is 334 g/mol. The van der Waals surface area contributed by atoms with Crippen LogP contribution >= 0.6 is 0 Å². The number of rotatable bonds is 16. The maximum Gasteiger partial charge on any atom is 0.142 e. The highest BCUT2D eigenvalue weighted by atomic mass is 16.5. The van der Waals surface area contributed by atoms with E-state index < -0.39 is 0 Å². The van der Waals surface area contributed by atoms with Crippen molar-refractivity contribution in [3.05, 3.63) is 24.3 Å². The van der Waals surface area contributed by atoms with Crippen LogP contribution < -0.4 is 10.1 Å². The van der Waals surface area contributed by atoms with E-state index in [2.05, 4.69) is 37.4 Å². The summed E-state index contributed by atoms with van der Waals surface area (Å²) in [6.07, 6.45) is 16.1. The molecule has 2 nitrogen and oxygen atoms in total. The molecule has 0 bridgehead atoms. The molecular weight excluding hydrogens is 294 g/mol. The Kier molecular flexibility index (Phi) is 13.3. The zero-order chi connectivity index (χ0) is 17.3. The van der Waals surface area contributed by atoms with Gasteiger partial charge in [0.15, 0.2) is 0 Å². The standard InChI is InChI=1S/C22H39NO/c1-3-5-7-8-9-10-11-12-13-16-19-23-21-17-14-15-18-22(21)24-20-6-4-2/h14-15,17-18,23H,3-13,16,19-20H2,1-2H3. The molecule has 24 heavy (non-hydrogen) atoms. The summed E-state index contributed by atoms with van der Waals surface area (Å²) >= 11 is 0. The SMILES string of the molecule is CCCCCCCCCCCCNc1ccccc1OCCCC. The molecule has 2 heteroatoms. The number of para-hydroxylation sites is 2.